The van der Waals surface area contributed by atoms with Gasteiger partial charge in [-0.05, 0) is 36.5 Å². The van der Waals surface area contributed by atoms with Crippen molar-refractivity contribution in [1.82, 2.24) is 5.32 Å². The molecule has 0 aliphatic carbocycles. The summed E-state index contributed by atoms with van der Waals surface area (Å²) < 4.78 is 5.28. The molecule has 1 atom stereocenters. The highest BCUT2D eigenvalue weighted by Gasteiger charge is 2.26. The van der Waals surface area contributed by atoms with Crippen molar-refractivity contribution in [2.75, 3.05) is 18.5 Å². The zero-order valence-corrected chi connectivity index (χ0v) is 12.8. The van der Waals surface area contributed by atoms with Crippen LogP contribution < -0.4 is 16.4 Å². The lowest BCUT2D eigenvalue weighted by Gasteiger charge is -2.26. The second kappa shape index (κ2) is 7.91. The summed E-state index contributed by atoms with van der Waals surface area (Å²) >= 11 is 0. The van der Waals surface area contributed by atoms with Crippen LogP contribution in [0.25, 0.3) is 0 Å². The first-order valence-corrected chi connectivity index (χ1v) is 7.54. The van der Waals surface area contributed by atoms with Crippen molar-refractivity contribution in [2.24, 2.45) is 11.7 Å². The summed E-state index contributed by atoms with van der Waals surface area (Å²) in [6.07, 6.45) is 1.67. The average Bonchev–Trinajstić information content (AvgIpc) is 2.53. The summed E-state index contributed by atoms with van der Waals surface area (Å²) in [6.45, 7) is 3.24. The molecule has 1 aliphatic rings. The second-order valence-corrected chi connectivity index (χ2v) is 5.57. The van der Waals surface area contributed by atoms with E-state index in [1.54, 1.807) is 12.1 Å². The number of carbonyl (C=O) groups excluding carboxylic acids is 2. The number of hydrogen-bond donors (Lipinski definition) is 3. The zero-order valence-electron chi connectivity index (χ0n) is 12.8. The van der Waals surface area contributed by atoms with Gasteiger partial charge in [-0.25, -0.2) is 0 Å². The molecule has 1 heterocycles. The molecular weight excluding hydrogens is 282 g/mol. The molecule has 0 aromatic heterocycles. The number of nitrogens with two attached hydrogens (primary N) is 1. The largest absolute Gasteiger partial charge is 0.381 e. The molecule has 1 unspecified atom stereocenters. The van der Waals surface area contributed by atoms with Crippen LogP contribution in [0.1, 0.15) is 25.3 Å². The first kappa shape index (κ1) is 16.5. The van der Waals surface area contributed by atoms with Gasteiger partial charge in [-0.1, -0.05) is 12.1 Å². The highest BCUT2D eigenvalue weighted by molar-refractivity contribution is 5.88. The second-order valence-electron chi connectivity index (χ2n) is 5.57. The topological polar surface area (TPSA) is 93.5 Å². The Morgan fingerprint density at radius 2 is 1.91 bits per heavy atom. The molecule has 120 valence electrons. The Labute approximate surface area is 130 Å². The Hall–Kier alpha value is -1.92. The van der Waals surface area contributed by atoms with E-state index in [1.807, 2.05) is 12.1 Å². The summed E-state index contributed by atoms with van der Waals surface area (Å²) in [5.41, 5.74) is 7.72. The van der Waals surface area contributed by atoms with Gasteiger partial charge in [0.1, 0.15) is 0 Å². The van der Waals surface area contributed by atoms with Crippen molar-refractivity contribution >= 4 is 17.5 Å². The van der Waals surface area contributed by atoms with E-state index in [4.69, 9.17) is 10.5 Å². The number of anilines is 1. The van der Waals surface area contributed by atoms with Crippen LogP contribution in [0.15, 0.2) is 24.3 Å². The fourth-order valence-corrected chi connectivity index (χ4v) is 2.51. The van der Waals surface area contributed by atoms with Gasteiger partial charge in [0.05, 0.1) is 6.04 Å². The van der Waals surface area contributed by atoms with E-state index < -0.39 is 6.04 Å². The number of rotatable bonds is 5. The highest BCUT2D eigenvalue weighted by atomic mass is 16.5. The lowest BCUT2D eigenvalue weighted by atomic mass is 9.92. The third-order valence-corrected chi connectivity index (χ3v) is 3.82. The van der Waals surface area contributed by atoms with E-state index >= 15 is 0 Å². The summed E-state index contributed by atoms with van der Waals surface area (Å²) in [6, 6.07) is 6.86. The minimum atomic E-state index is -0.484. The molecule has 6 heteroatoms. The Kier molecular flexibility index (Phi) is 5.91. The summed E-state index contributed by atoms with van der Waals surface area (Å²) in [5.74, 6) is -0.0442. The molecule has 2 rings (SSSR count). The van der Waals surface area contributed by atoms with Gasteiger partial charge in [-0.15, -0.1) is 0 Å². The van der Waals surface area contributed by atoms with Crippen LogP contribution in [0.5, 0.6) is 0 Å². The SMILES string of the molecule is CC(=O)Nc1ccc(CNC(=O)C(N)C2CCOCC2)cc1. The predicted molar refractivity (Wildman–Crippen MR) is 84.1 cm³/mol. The molecular formula is C16H23N3O3. The van der Waals surface area contributed by atoms with Crippen molar-refractivity contribution in [3.63, 3.8) is 0 Å². The molecule has 6 nitrogen and oxygen atoms in total. The van der Waals surface area contributed by atoms with Gasteiger partial charge in [-0.3, -0.25) is 9.59 Å². The molecule has 1 aromatic rings. The standard InChI is InChI=1S/C16H23N3O3/c1-11(20)19-14-4-2-12(3-5-14)10-18-16(21)15(17)13-6-8-22-9-7-13/h2-5,13,15H,6-10,17H2,1H3,(H,18,21)(H,19,20). The molecule has 0 saturated carbocycles. The van der Waals surface area contributed by atoms with E-state index in [-0.39, 0.29) is 17.7 Å². The molecule has 1 saturated heterocycles. The van der Waals surface area contributed by atoms with E-state index in [1.165, 1.54) is 6.92 Å². The Bertz CT molecular complexity index is 510. The molecule has 0 spiro atoms. The molecule has 2 amide bonds. The lowest BCUT2D eigenvalue weighted by Crippen LogP contribution is -2.46. The monoisotopic (exact) mass is 305 g/mol. The van der Waals surface area contributed by atoms with Crippen LogP contribution in [0.3, 0.4) is 0 Å². The molecule has 1 fully saturated rings. The van der Waals surface area contributed by atoms with Crippen LogP contribution in [-0.4, -0.2) is 31.1 Å². The fraction of sp³-hybridized carbons (Fsp3) is 0.500. The van der Waals surface area contributed by atoms with Gasteiger partial charge < -0.3 is 21.1 Å². The molecule has 0 bridgehead atoms. The average molecular weight is 305 g/mol. The number of ether oxygens (including phenoxy) is 1. The Morgan fingerprint density at radius 3 is 2.50 bits per heavy atom. The highest BCUT2D eigenvalue weighted by Crippen LogP contribution is 2.17. The van der Waals surface area contributed by atoms with E-state index in [0.29, 0.717) is 19.8 Å². The number of amides is 2. The number of carbonyl (C=O) groups is 2. The minimum absolute atomic E-state index is 0.108. The maximum absolute atomic E-state index is 12.1. The van der Waals surface area contributed by atoms with E-state index in [9.17, 15) is 9.59 Å². The first-order valence-electron chi connectivity index (χ1n) is 7.54. The van der Waals surface area contributed by atoms with Crippen molar-refractivity contribution < 1.29 is 14.3 Å². The molecule has 1 aliphatic heterocycles. The number of hydrogen-bond acceptors (Lipinski definition) is 4. The Balaban J connectivity index is 1.81. The van der Waals surface area contributed by atoms with Crippen molar-refractivity contribution in [3.8, 4) is 0 Å². The van der Waals surface area contributed by atoms with Gasteiger partial charge >= 0.3 is 0 Å². The maximum atomic E-state index is 12.1. The van der Waals surface area contributed by atoms with Gasteiger partial charge in [0.15, 0.2) is 0 Å². The first-order chi connectivity index (χ1) is 10.6. The lowest BCUT2D eigenvalue weighted by molar-refractivity contribution is -0.124. The third kappa shape index (κ3) is 4.82. The summed E-state index contributed by atoms with van der Waals surface area (Å²) in [5, 5.41) is 5.56. The molecule has 1 aromatic carbocycles. The number of nitrogens with one attached hydrogen (secondary N) is 2. The van der Waals surface area contributed by atoms with Crippen molar-refractivity contribution in [2.45, 2.75) is 32.4 Å². The summed E-state index contributed by atoms with van der Waals surface area (Å²) in [4.78, 5) is 23.0. The quantitative estimate of drug-likeness (QED) is 0.757. The predicted octanol–water partition coefficient (Wildman–Crippen LogP) is 1.02. The zero-order chi connectivity index (χ0) is 15.9. The van der Waals surface area contributed by atoms with Crippen LogP contribution in [0.4, 0.5) is 5.69 Å². The number of benzene rings is 1. The van der Waals surface area contributed by atoms with Gasteiger partial charge in [-0.2, -0.15) is 0 Å². The minimum Gasteiger partial charge on any atom is -0.381 e. The normalized spacial score (nSPS) is 16.8. The van der Waals surface area contributed by atoms with Crippen LogP contribution in [-0.2, 0) is 20.9 Å². The molecule has 0 radical (unpaired) electrons. The fourth-order valence-electron chi connectivity index (χ4n) is 2.51. The smallest absolute Gasteiger partial charge is 0.237 e. The van der Waals surface area contributed by atoms with Crippen LogP contribution in [0.2, 0.25) is 0 Å². The maximum Gasteiger partial charge on any atom is 0.237 e. The van der Waals surface area contributed by atoms with Crippen LogP contribution in [0, 0.1) is 5.92 Å². The molecule has 4 N–H and O–H groups in total. The van der Waals surface area contributed by atoms with Gasteiger partial charge in [0, 0.05) is 32.4 Å². The van der Waals surface area contributed by atoms with E-state index in [0.717, 1.165) is 24.1 Å². The van der Waals surface area contributed by atoms with Crippen molar-refractivity contribution in [1.29, 1.82) is 0 Å². The van der Waals surface area contributed by atoms with Gasteiger partial charge in [0.25, 0.3) is 0 Å². The van der Waals surface area contributed by atoms with Gasteiger partial charge in [0.2, 0.25) is 11.8 Å². The van der Waals surface area contributed by atoms with Crippen LogP contribution >= 0.6 is 0 Å². The third-order valence-electron chi connectivity index (χ3n) is 3.82. The summed E-state index contributed by atoms with van der Waals surface area (Å²) in [7, 11) is 0. The Morgan fingerprint density at radius 1 is 1.27 bits per heavy atom. The van der Waals surface area contributed by atoms with E-state index in [2.05, 4.69) is 10.6 Å². The van der Waals surface area contributed by atoms with Crippen molar-refractivity contribution in [3.05, 3.63) is 29.8 Å². The molecule has 22 heavy (non-hydrogen) atoms.